The molecular weight excluding hydrogens is 258 g/mol. The molecule has 1 fully saturated rings. The first-order valence-electron chi connectivity index (χ1n) is 8.09. The van der Waals surface area contributed by atoms with Crippen LogP contribution in [0.25, 0.3) is 10.8 Å². The molecule has 0 aliphatic heterocycles. The molecule has 2 aromatic rings. The summed E-state index contributed by atoms with van der Waals surface area (Å²) in [6.07, 6.45) is 5.28. The molecular formula is C19H25NO. The number of hydrogen-bond acceptors (Lipinski definition) is 2. The van der Waals surface area contributed by atoms with Crippen LogP contribution in [-0.4, -0.2) is 11.7 Å². The van der Waals surface area contributed by atoms with Gasteiger partial charge in [0.15, 0.2) is 0 Å². The van der Waals surface area contributed by atoms with E-state index < -0.39 is 0 Å². The highest BCUT2D eigenvalue weighted by Crippen LogP contribution is 2.49. The summed E-state index contributed by atoms with van der Waals surface area (Å²) in [7, 11) is 0. The highest BCUT2D eigenvalue weighted by Gasteiger charge is 2.41. The molecule has 3 rings (SSSR count). The van der Waals surface area contributed by atoms with E-state index in [0.717, 1.165) is 22.9 Å². The van der Waals surface area contributed by atoms with Gasteiger partial charge < -0.3 is 10.4 Å². The molecule has 0 saturated heterocycles. The van der Waals surface area contributed by atoms with E-state index in [9.17, 15) is 5.11 Å². The molecule has 0 aromatic heterocycles. The molecule has 2 heteroatoms. The van der Waals surface area contributed by atoms with Crippen LogP contribution in [0.2, 0.25) is 0 Å². The van der Waals surface area contributed by atoms with Crippen LogP contribution in [0.15, 0.2) is 36.4 Å². The van der Waals surface area contributed by atoms with Crippen LogP contribution < -0.4 is 5.32 Å². The lowest BCUT2D eigenvalue weighted by Gasteiger charge is -2.21. The minimum Gasteiger partial charge on any atom is -0.507 e. The van der Waals surface area contributed by atoms with Gasteiger partial charge in [0.05, 0.1) is 0 Å². The lowest BCUT2D eigenvalue weighted by atomic mass is 9.98. The van der Waals surface area contributed by atoms with Crippen molar-refractivity contribution in [1.82, 2.24) is 5.32 Å². The topological polar surface area (TPSA) is 32.3 Å². The molecule has 1 atom stereocenters. The van der Waals surface area contributed by atoms with Crippen LogP contribution in [0.5, 0.6) is 5.75 Å². The zero-order chi connectivity index (χ0) is 14.9. The molecule has 0 amide bonds. The molecule has 21 heavy (non-hydrogen) atoms. The third-order valence-electron chi connectivity index (χ3n) is 4.92. The Bertz CT molecular complexity index is 630. The van der Waals surface area contributed by atoms with Crippen molar-refractivity contribution in [3.8, 4) is 5.75 Å². The number of nitrogens with one attached hydrogen (secondary N) is 1. The Morgan fingerprint density at radius 2 is 1.95 bits per heavy atom. The monoisotopic (exact) mass is 283 g/mol. The predicted octanol–water partition coefficient (Wildman–Crippen LogP) is 4.78. The molecule has 1 aliphatic carbocycles. The molecule has 2 aromatic carbocycles. The van der Waals surface area contributed by atoms with Crippen molar-refractivity contribution in [2.45, 2.75) is 45.6 Å². The van der Waals surface area contributed by atoms with E-state index in [2.05, 4.69) is 31.3 Å². The van der Waals surface area contributed by atoms with Gasteiger partial charge in [0, 0.05) is 23.5 Å². The third kappa shape index (κ3) is 2.91. The first-order chi connectivity index (χ1) is 10.2. The van der Waals surface area contributed by atoms with Gasteiger partial charge in [-0.2, -0.15) is 0 Å². The Morgan fingerprint density at radius 1 is 1.19 bits per heavy atom. The van der Waals surface area contributed by atoms with E-state index in [0.29, 0.717) is 11.2 Å². The van der Waals surface area contributed by atoms with Crippen LogP contribution in [0.4, 0.5) is 0 Å². The zero-order valence-corrected chi connectivity index (χ0v) is 13.0. The lowest BCUT2D eigenvalue weighted by Crippen LogP contribution is -2.26. The van der Waals surface area contributed by atoms with Crippen molar-refractivity contribution in [3.63, 3.8) is 0 Å². The Morgan fingerprint density at radius 3 is 2.67 bits per heavy atom. The van der Waals surface area contributed by atoms with Crippen LogP contribution in [0, 0.1) is 5.41 Å². The number of rotatable bonds is 6. The van der Waals surface area contributed by atoms with Gasteiger partial charge in [-0.1, -0.05) is 49.7 Å². The smallest absolute Gasteiger partial charge is 0.128 e. The quantitative estimate of drug-likeness (QED) is 0.800. The van der Waals surface area contributed by atoms with Crippen molar-refractivity contribution in [3.05, 3.63) is 42.0 Å². The molecule has 0 radical (unpaired) electrons. The molecule has 1 saturated carbocycles. The van der Waals surface area contributed by atoms with Crippen LogP contribution >= 0.6 is 0 Å². The maximum Gasteiger partial charge on any atom is 0.128 e. The molecule has 0 bridgehead atoms. The van der Waals surface area contributed by atoms with Gasteiger partial charge in [0.1, 0.15) is 5.75 Å². The summed E-state index contributed by atoms with van der Waals surface area (Å²) in [6.45, 7) is 5.47. The minimum atomic E-state index is 0.184. The van der Waals surface area contributed by atoms with Crippen LogP contribution in [0.1, 0.15) is 51.1 Å². The number of benzene rings is 2. The Labute approximate surface area is 127 Å². The molecule has 112 valence electrons. The first kappa shape index (κ1) is 14.4. The maximum absolute atomic E-state index is 10.5. The van der Waals surface area contributed by atoms with Crippen molar-refractivity contribution in [2.75, 3.05) is 6.54 Å². The number of phenols is 1. The Balaban J connectivity index is 1.75. The molecule has 0 heterocycles. The summed E-state index contributed by atoms with van der Waals surface area (Å²) >= 11 is 0. The third-order valence-corrected chi connectivity index (χ3v) is 4.92. The average molecular weight is 283 g/mol. The van der Waals surface area contributed by atoms with Crippen molar-refractivity contribution >= 4 is 10.8 Å². The molecule has 2 nitrogen and oxygen atoms in total. The molecule has 1 unspecified atom stereocenters. The Hall–Kier alpha value is -1.54. The molecule has 1 aliphatic rings. The van der Waals surface area contributed by atoms with Gasteiger partial charge in [-0.25, -0.2) is 0 Å². The fourth-order valence-electron chi connectivity index (χ4n) is 3.32. The van der Waals surface area contributed by atoms with Crippen molar-refractivity contribution in [2.24, 2.45) is 5.41 Å². The fraction of sp³-hybridized carbons (Fsp3) is 0.474. The predicted molar refractivity (Wildman–Crippen MR) is 88.6 cm³/mol. The number of hydrogen-bond donors (Lipinski definition) is 2. The number of phenolic OH excluding ortho intramolecular Hbond substituents is 1. The van der Waals surface area contributed by atoms with E-state index >= 15 is 0 Å². The number of fused-ring (bicyclic) bond motifs is 1. The van der Waals surface area contributed by atoms with E-state index in [4.69, 9.17) is 0 Å². The van der Waals surface area contributed by atoms with Crippen molar-refractivity contribution in [1.29, 1.82) is 0 Å². The summed E-state index contributed by atoms with van der Waals surface area (Å²) in [6, 6.07) is 12.3. The summed E-state index contributed by atoms with van der Waals surface area (Å²) in [5.41, 5.74) is 1.54. The van der Waals surface area contributed by atoms with Gasteiger partial charge in [-0.05, 0) is 37.0 Å². The minimum absolute atomic E-state index is 0.184. The maximum atomic E-state index is 10.5. The van der Waals surface area contributed by atoms with Gasteiger partial charge in [0.25, 0.3) is 0 Å². The lowest BCUT2D eigenvalue weighted by molar-refractivity contribution is 0.390. The second-order valence-electron chi connectivity index (χ2n) is 6.58. The standard InChI is InChI=1S/C19H25NO/c1-3-10-19(11-12-19)13-20-14(2)16-9-8-15-6-4-5-7-17(15)18(16)21/h4-9,14,20-21H,3,10-13H2,1-2H3. The van der Waals surface area contributed by atoms with Gasteiger partial charge in [0.2, 0.25) is 0 Å². The van der Waals surface area contributed by atoms with Gasteiger partial charge >= 0.3 is 0 Å². The second-order valence-corrected chi connectivity index (χ2v) is 6.58. The highest BCUT2D eigenvalue weighted by atomic mass is 16.3. The molecule has 0 spiro atoms. The zero-order valence-electron chi connectivity index (χ0n) is 13.0. The van der Waals surface area contributed by atoms with E-state index in [1.807, 2.05) is 24.3 Å². The number of aromatic hydroxyl groups is 1. The normalized spacial score (nSPS) is 17.8. The Kier molecular flexibility index (Phi) is 3.90. The SMILES string of the molecule is CCCC1(CNC(C)c2ccc3ccccc3c2O)CC1. The summed E-state index contributed by atoms with van der Waals surface area (Å²) in [5, 5.41) is 16.2. The largest absolute Gasteiger partial charge is 0.507 e. The fourth-order valence-corrected chi connectivity index (χ4v) is 3.32. The van der Waals surface area contributed by atoms with Gasteiger partial charge in [-0.3, -0.25) is 0 Å². The summed E-state index contributed by atoms with van der Waals surface area (Å²) in [5.74, 6) is 0.424. The summed E-state index contributed by atoms with van der Waals surface area (Å²) in [4.78, 5) is 0. The van der Waals surface area contributed by atoms with E-state index in [-0.39, 0.29) is 6.04 Å². The highest BCUT2D eigenvalue weighted by molar-refractivity contribution is 5.89. The first-order valence-corrected chi connectivity index (χ1v) is 8.09. The van der Waals surface area contributed by atoms with Crippen LogP contribution in [-0.2, 0) is 0 Å². The summed E-state index contributed by atoms with van der Waals surface area (Å²) < 4.78 is 0. The van der Waals surface area contributed by atoms with Crippen molar-refractivity contribution < 1.29 is 5.11 Å². The average Bonchev–Trinajstić information content (AvgIpc) is 3.26. The van der Waals surface area contributed by atoms with Gasteiger partial charge in [-0.15, -0.1) is 0 Å². The van der Waals surface area contributed by atoms with E-state index in [1.54, 1.807) is 0 Å². The second kappa shape index (κ2) is 5.69. The molecule has 2 N–H and O–H groups in total. The van der Waals surface area contributed by atoms with Crippen LogP contribution in [0.3, 0.4) is 0 Å². The van der Waals surface area contributed by atoms with E-state index in [1.165, 1.54) is 25.7 Å².